The molecule has 0 amide bonds. The van der Waals surface area contributed by atoms with Crippen LogP contribution < -0.4 is 4.72 Å². The Balaban J connectivity index is 2.10. The number of fused-ring (bicyclic) bond motifs is 1. The van der Waals surface area contributed by atoms with E-state index < -0.39 is 10.0 Å². The van der Waals surface area contributed by atoms with Crippen molar-refractivity contribution in [3.05, 3.63) is 39.5 Å². The first-order chi connectivity index (χ1) is 10.8. The Bertz CT molecular complexity index is 992. The molecule has 1 aromatic carbocycles. The van der Waals surface area contributed by atoms with Crippen LogP contribution in [-0.2, 0) is 16.4 Å². The molecule has 0 saturated carbocycles. The standard InChI is InChI=1S/C14H15ClN4O2S2/c1-4-12-17-19-13(9(3)16-14(19)22-12)23(20,21)18-11-7-10(15)6-5-8(11)2/h5-7,18H,4H2,1-3H3. The number of anilines is 1. The molecule has 23 heavy (non-hydrogen) atoms. The topological polar surface area (TPSA) is 76.4 Å². The normalized spacial score (nSPS) is 12.0. The van der Waals surface area contributed by atoms with Gasteiger partial charge in [-0.15, -0.1) is 0 Å². The van der Waals surface area contributed by atoms with Gasteiger partial charge in [-0.3, -0.25) is 4.72 Å². The van der Waals surface area contributed by atoms with E-state index >= 15 is 0 Å². The molecule has 3 rings (SSSR count). The van der Waals surface area contributed by atoms with Crippen LogP contribution in [0.2, 0.25) is 5.02 Å². The Labute approximate surface area is 143 Å². The van der Waals surface area contributed by atoms with Crippen LogP contribution >= 0.6 is 22.9 Å². The summed E-state index contributed by atoms with van der Waals surface area (Å²) >= 11 is 7.34. The van der Waals surface area contributed by atoms with Crippen LogP contribution in [0.15, 0.2) is 23.2 Å². The van der Waals surface area contributed by atoms with Crippen LogP contribution in [0, 0.1) is 13.8 Å². The summed E-state index contributed by atoms with van der Waals surface area (Å²) in [6, 6.07) is 5.06. The first-order valence-corrected chi connectivity index (χ1v) is 9.63. The third-order valence-corrected chi connectivity index (χ3v) is 6.12. The van der Waals surface area contributed by atoms with E-state index in [9.17, 15) is 8.42 Å². The number of hydrogen-bond donors (Lipinski definition) is 1. The molecule has 122 valence electrons. The van der Waals surface area contributed by atoms with Crippen molar-refractivity contribution in [1.82, 2.24) is 14.6 Å². The molecule has 2 heterocycles. The summed E-state index contributed by atoms with van der Waals surface area (Å²) in [6.07, 6.45) is 0.730. The summed E-state index contributed by atoms with van der Waals surface area (Å²) in [5, 5.41) is 5.68. The molecule has 0 spiro atoms. The lowest BCUT2D eigenvalue weighted by Gasteiger charge is -2.10. The second kappa shape index (κ2) is 5.77. The first kappa shape index (κ1) is 16.2. The third-order valence-electron chi connectivity index (χ3n) is 3.37. The van der Waals surface area contributed by atoms with Crippen LogP contribution in [-0.4, -0.2) is 23.0 Å². The summed E-state index contributed by atoms with van der Waals surface area (Å²) in [5.74, 6) is 0. The number of benzene rings is 1. The molecule has 0 bridgehead atoms. The van der Waals surface area contributed by atoms with Crippen LogP contribution in [0.25, 0.3) is 4.96 Å². The van der Waals surface area contributed by atoms with Gasteiger partial charge in [0.2, 0.25) is 9.99 Å². The van der Waals surface area contributed by atoms with E-state index in [0.29, 0.717) is 21.4 Å². The minimum atomic E-state index is -3.83. The highest BCUT2D eigenvalue weighted by Gasteiger charge is 2.26. The Kier molecular flexibility index (Phi) is 4.07. The van der Waals surface area contributed by atoms with Crippen molar-refractivity contribution >= 4 is 43.6 Å². The zero-order valence-corrected chi connectivity index (χ0v) is 15.2. The quantitative estimate of drug-likeness (QED) is 0.763. The average molecular weight is 371 g/mol. The molecular weight excluding hydrogens is 356 g/mol. The van der Waals surface area contributed by atoms with Gasteiger partial charge in [0.1, 0.15) is 5.01 Å². The summed E-state index contributed by atoms with van der Waals surface area (Å²) in [5.41, 5.74) is 1.64. The highest BCUT2D eigenvalue weighted by Crippen LogP contribution is 2.26. The Hall–Kier alpha value is -1.64. The molecule has 0 fully saturated rings. The van der Waals surface area contributed by atoms with Crippen molar-refractivity contribution in [2.45, 2.75) is 32.2 Å². The molecule has 3 aromatic rings. The van der Waals surface area contributed by atoms with Crippen LogP contribution in [0.4, 0.5) is 5.69 Å². The van der Waals surface area contributed by atoms with E-state index in [1.54, 1.807) is 25.1 Å². The highest BCUT2D eigenvalue weighted by atomic mass is 35.5. The zero-order valence-electron chi connectivity index (χ0n) is 12.8. The van der Waals surface area contributed by atoms with E-state index in [4.69, 9.17) is 11.6 Å². The fourth-order valence-corrected chi connectivity index (χ4v) is 4.72. The molecule has 6 nitrogen and oxygen atoms in total. The number of nitrogens with zero attached hydrogens (tertiary/aromatic N) is 3. The minimum Gasteiger partial charge on any atom is -0.278 e. The number of rotatable bonds is 4. The molecule has 2 aromatic heterocycles. The summed E-state index contributed by atoms with van der Waals surface area (Å²) < 4.78 is 29.6. The lowest BCUT2D eigenvalue weighted by molar-refractivity contribution is 0.592. The second-order valence-corrected chi connectivity index (χ2v) is 8.19. The number of nitrogens with one attached hydrogen (secondary N) is 1. The maximum atomic E-state index is 12.8. The van der Waals surface area contributed by atoms with Gasteiger partial charge in [0, 0.05) is 5.02 Å². The average Bonchev–Trinajstić information content (AvgIpc) is 2.98. The molecule has 0 saturated heterocycles. The van der Waals surface area contributed by atoms with Gasteiger partial charge in [-0.1, -0.05) is 35.9 Å². The van der Waals surface area contributed by atoms with E-state index in [-0.39, 0.29) is 5.03 Å². The largest absolute Gasteiger partial charge is 0.281 e. The Morgan fingerprint density at radius 1 is 1.35 bits per heavy atom. The molecule has 0 unspecified atom stereocenters. The van der Waals surface area contributed by atoms with Crippen LogP contribution in [0.5, 0.6) is 0 Å². The van der Waals surface area contributed by atoms with Crippen molar-refractivity contribution in [1.29, 1.82) is 0 Å². The maximum absolute atomic E-state index is 12.8. The smallest absolute Gasteiger partial charge is 0.278 e. The molecule has 0 radical (unpaired) electrons. The van der Waals surface area contributed by atoms with Gasteiger partial charge in [0.25, 0.3) is 10.0 Å². The number of aromatic nitrogens is 3. The third kappa shape index (κ3) is 2.93. The van der Waals surface area contributed by atoms with Gasteiger partial charge in [-0.2, -0.15) is 18.0 Å². The van der Waals surface area contributed by atoms with Crippen molar-refractivity contribution in [3.63, 3.8) is 0 Å². The van der Waals surface area contributed by atoms with Crippen LogP contribution in [0.1, 0.15) is 23.2 Å². The predicted molar refractivity (Wildman–Crippen MR) is 92.0 cm³/mol. The molecule has 0 atom stereocenters. The SMILES string of the molecule is CCc1nn2c(S(=O)(=O)Nc3cc(Cl)ccc3C)c(C)nc2s1. The Morgan fingerprint density at radius 3 is 2.78 bits per heavy atom. The molecule has 1 N–H and O–H groups in total. The van der Waals surface area contributed by atoms with E-state index in [2.05, 4.69) is 14.8 Å². The monoisotopic (exact) mass is 370 g/mol. The maximum Gasteiger partial charge on any atom is 0.281 e. The molecule has 0 aliphatic carbocycles. The summed E-state index contributed by atoms with van der Waals surface area (Å²) in [6.45, 7) is 5.43. The summed E-state index contributed by atoms with van der Waals surface area (Å²) in [4.78, 5) is 4.88. The number of sulfonamides is 1. The lowest BCUT2D eigenvalue weighted by atomic mass is 10.2. The zero-order chi connectivity index (χ0) is 16.8. The fraction of sp³-hybridized carbons (Fsp3) is 0.286. The van der Waals surface area contributed by atoms with Gasteiger partial charge in [0.15, 0.2) is 0 Å². The molecular formula is C14H15ClN4O2S2. The van der Waals surface area contributed by atoms with Gasteiger partial charge >= 0.3 is 0 Å². The van der Waals surface area contributed by atoms with Crippen molar-refractivity contribution in [3.8, 4) is 0 Å². The number of hydrogen-bond acceptors (Lipinski definition) is 5. The van der Waals surface area contributed by atoms with Gasteiger partial charge < -0.3 is 0 Å². The molecule has 9 heteroatoms. The lowest BCUT2D eigenvalue weighted by Crippen LogP contribution is -2.17. The van der Waals surface area contributed by atoms with Crippen molar-refractivity contribution < 1.29 is 8.42 Å². The second-order valence-electron chi connectivity index (χ2n) is 5.11. The van der Waals surface area contributed by atoms with Crippen molar-refractivity contribution in [2.75, 3.05) is 4.72 Å². The molecule has 0 aliphatic rings. The minimum absolute atomic E-state index is 0.0582. The van der Waals surface area contributed by atoms with Crippen molar-refractivity contribution in [2.24, 2.45) is 0 Å². The van der Waals surface area contributed by atoms with Gasteiger partial charge in [0.05, 0.1) is 11.4 Å². The van der Waals surface area contributed by atoms with Crippen LogP contribution in [0.3, 0.4) is 0 Å². The highest BCUT2D eigenvalue weighted by molar-refractivity contribution is 7.92. The van der Waals surface area contributed by atoms with Gasteiger partial charge in [-0.05, 0) is 38.0 Å². The van der Waals surface area contributed by atoms with E-state index in [1.807, 2.05) is 13.8 Å². The predicted octanol–water partition coefficient (Wildman–Crippen LogP) is 3.42. The molecule has 0 aliphatic heterocycles. The Morgan fingerprint density at radius 2 is 2.09 bits per heavy atom. The van der Waals surface area contributed by atoms with Gasteiger partial charge in [-0.25, -0.2) is 4.98 Å². The van der Waals surface area contributed by atoms with E-state index in [0.717, 1.165) is 17.0 Å². The number of halogens is 1. The fourth-order valence-electron chi connectivity index (χ4n) is 2.22. The first-order valence-electron chi connectivity index (χ1n) is 6.96. The number of aryl methyl sites for hydroxylation is 3. The number of imidazole rings is 1. The summed E-state index contributed by atoms with van der Waals surface area (Å²) in [7, 11) is -3.83. The van der Waals surface area contributed by atoms with E-state index in [1.165, 1.54) is 15.9 Å².